The third kappa shape index (κ3) is 6.63. The maximum atomic E-state index is 12.9. The number of nitrogens with zero attached hydrogens (tertiary/aromatic N) is 2. The monoisotopic (exact) mass is 463 g/mol. The van der Waals surface area contributed by atoms with E-state index >= 15 is 0 Å². The molecule has 1 N–H and O–H groups in total. The number of nitrogens with one attached hydrogen (secondary N) is 1. The molecule has 1 aromatic carbocycles. The average molecular weight is 464 g/mol. The van der Waals surface area contributed by atoms with Crippen molar-refractivity contribution in [3.63, 3.8) is 0 Å². The largest absolute Gasteiger partial charge is 0.416 e. The smallest absolute Gasteiger partial charge is 0.325 e. The molecule has 1 aliphatic heterocycles. The fourth-order valence-electron chi connectivity index (χ4n) is 2.78. The fraction of sp³-hybridized carbons (Fsp3) is 0.550. The predicted molar refractivity (Wildman–Crippen MR) is 115 cm³/mol. The molecule has 0 radical (unpaired) electrons. The van der Waals surface area contributed by atoms with Crippen LogP contribution in [0.3, 0.4) is 0 Å². The summed E-state index contributed by atoms with van der Waals surface area (Å²) in [5.74, 6) is -0.777. The maximum absolute atomic E-state index is 12.9. The summed E-state index contributed by atoms with van der Waals surface area (Å²) in [4.78, 5) is 31.3. The van der Waals surface area contributed by atoms with Crippen LogP contribution in [-0.2, 0) is 15.8 Å². The van der Waals surface area contributed by atoms with E-state index in [0.717, 1.165) is 43.9 Å². The number of hydrogen-bond acceptors (Lipinski definition) is 4. The molecule has 1 saturated heterocycles. The molecule has 1 unspecified atom stereocenters. The average Bonchev–Trinajstić information content (AvgIpc) is 2.96. The topological polar surface area (TPSA) is 61.8 Å². The van der Waals surface area contributed by atoms with Gasteiger partial charge in [-0.2, -0.15) is 13.2 Å². The number of amidine groups is 1. The van der Waals surface area contributed by atoms with Crippen molar-refractivity contribution in [1.82, 2.24) is 4.90 Å². The standard InChI is InChI=1S/C20H25ClF3N3O2S/c1-3-5-9-25-19-27(10-6-4-2)18(29)16(30-19)12-17(28)26-15-11-13(20(22,23)24)7-8-14(15)21/h7-8,11,16H,3-6,9-10,12H2,1-2H3,(H,26,28). The summed E-state index contributed by atoms with van der Waals surface area (Å²) in [6.07, 6.45) is -1.11. The SMILES string of the molecule is CCCCN=C1SC(CC(=O)Nc2cc(C(F)(F)F)ccc2Cl)C(=O)N1CCCC. The Bertz CT molecular complexity index is 802. The van der Waals surface area contributed by atoms with E-state index in [-0.39, 0.29) is 23.0 Å². The number of amides is 2. The second-order valence-corrected chi connectivity index (χ2v) is 8.49. The van der Waals surface area contributed by atoms with Crippen LogP contribution in [0.25, 0.3) is 0 Å². The number of hydrogen-bond donors (Lipinski definition) is 1. The van der Waals surface area contributed by atoms with E-state index in [1.165, 1.54) is 11.8 Å². The van der Waals surface area contributed by atoms with Crippen LogP contribution in [0.1, 0.15) is 51.5 Å². The van der Waals surface area contributed by atoms with E-state index in [1.54, 1.807) is 4.90 Å². The van der Waals surface area contributed by atoms with Gasteiger partial charge in [0.05, 0.1) is 16.3 Å². The maximum Gasteiger partial charge on any atom is 0.416 e. The Morgan fingerprint density at radius 3 is 2.60 bits per heavy atom. The molecule has 0 spiro atoms. The number of halogens is 4. The molecule has 1 aromatic rings. The van der Waals surface area contributed by atoms with Crippen LogP contribution >= 0.6 is 23.4 Å². The first-order valence-corrected chi connectivity index (χ1v) is 11.1. The molecular formula is C20H25ClF3N3O2S. The van der Waals surface area contributed by atoms with E-state index in [4.69, 9.17) is 11.6 Å². The number of carbonyl (C=O) groups is 2. The quantitative estimate of drug-likeness (QED) is 0.486. The Hall–Kier alpha value is -1.74. The first kappa shape index (κ1) is 24.5. The lowest BCUT2D eigenvalue weighted by Crippen LogP contribution is -2.34. The van der Waals surface area contributed by atoms with E-state index in [0.29, 0.717) is 18.3 Å². The molecule has 2 amide bonds. The summed E-state index contributed by atoms with van der Waals surface area (Å²) in [5.41, 5.74) is -1.05. The highest BCUT2D eigenvalue weighted by molar-refractivity contribution is 8.15. The van der Waals surface area contributed by atoms with Crippen molar-refractivity contribution in [1.29, 1.82) is 0 Å². The summed E-state index contributed by atoms with van der Waals surface area (Å²) in [6.45, 7) is 5.21. The van der Waals surface area contributed by atoms with Gasteiger partial charge in [-0.3, -0.25) is 19.5 Å². The van der Waals surface area contributed by atoms with Gasteiger partial charge < -0.3 is 5.32 Å². The van der Waals surface area contributed by atoms with Crippen LogP contribution < -0.4 is 5.32 Å². The van der Waals surface area contributed by atoms with Crippen LogP contribution in [0.2, 0.25) is 5.02 Å². The second kappa shape index (κ2) is 11.0. The third-order valence-corrected chi connectivity index (χ3v) is 6.00. The van der Waals surface area contributed by atoms with Gasteiger partial charge in [0.15, 0.2) is 5.17 Å². The van der Waals surface area contributed by atoms with Gasteiger partial charge in [-0.15, -0.1) is 0 Å². The molecule has 0 aliphatic carbocycles. The lowest BCUT2D eigenvalue weighted by molar-refractivity contribution is -0.137. The second-order valence-electron chi connectivity index (χ2n) is 6.91. The van der Waals surface area contributed by atoms with Crippen molar-refractivity contribution in [2.75, 3.05) is 18.4 Å². The highest BCUT2D eigenvalue weighted by Crippen LogP contribution is 2.34. The van der Waals surface area contributed by atoms with Crippen molar-refractivity contribution >= 4 is 46.0 Å². The van der Waals surface area contributed by atoms with E-state index in [9.17, 15) is 22.8 Å². The van der Waals surface area contributed by atoms with Gasteiger partial charge in [-0.05, 0) is 31.0 Å². The molecular weight excluding hydrogens is 439 g/mol. The number of benzene rings is 1. The van der Waals surface area contributed by atoms with Crippen molar-refractivity contribution < 1.29 is 22.8 Å². The Balaban J connectivity index is 2.09. The molecule has 1 fully saturated rings. The number of thioether (sulfide) groups is 1. The zero-order valence-corrected chi connectivity index (χ0v) is 18.5. The van der Waals surface area contributed by atoms with Crippen molar-refractivity contribution in [3.05, 3.63) is 28.8 Å². The van der Waals surface area contributed by atoms with Crippen molar-refractivity contribution in [2.24, 2.45) is 4.99 Å². The number of alkyl halides is 3. The molecule has 1 atom stereocenters. The number of anilines is 1. The summed E-state index contributed by atoms with van der Waals surface area (Å²) in [7, 11) is 0. The Morgan fingerprint density at radius 2 is 1.97 bits per heavy atom. The number of carbonyl (C=O) groups excluding carboxylic acids is 2. The van der Waals surface area contributed by atoms with Gasteiger partial charge in [0, 0.05) is 19.5 Å². The van der Waals surface area contributed by atoms with Crippen LogP contribution in [-0.4, -0.2) is 40.2 Å². The van der Waals surface area contributed by atoms with Gasteiger partial charge in [0.2, 0.25) is 11.8 Å². The molecule has 1 heterocycles. The molecule has 2 rings (SSSR count). The lowest BCUT2D eigenvalue weighted by Gasteiger charge is -2.16. The van der Waals surface area contributed by atoms with Crippen LogP contribution in [0, 0.1) is 0 Å². The van der Waals surface area contributed by atoms with E-state index < -0.39 is 22.9 Å². The van der Waals surface area contributed by atoms with Crippen LogP contribution in [0.4, 0.5) is 18.9 Å². The first-order valence-electron chi connectivity index (χ1n) is 9.86. The minimum absolute atomic E-state index is 0.00635. The number of unbranched alkanes of at least 4 members (excludes halogenated alkanes) is 2. The molecule has 1 aliphatic rings. The van der Waals surface area contributed by atoms with Crippen molar-refractivity contribution in [3.8, 4) is 0 Å². The predicted octanol–water partition coefficient (Wildman–Crippen LogP) is 5.59. The minimum Gasteiger partial charge on any atom is -0.325 e. The zero-order chi connectivity index (χ0) is 22.3. The number of aliphatic imine (C=N–C) groups is 1. The van der Waals surface area contributed by atoms with Crippen LogP contribution in [0.5, 0.6) is 0 Å². The lowest BCUT2D eigenvalue weighted by atomic mass is 10.2. The Labute approximate surface area is 183 Å². The van der Waals surface area contributed by atoms with Crippen molar-refractivity contribution in [2.45, 2.75) is 57.4 Å². The molecule has 0 saturated carbocycles. The van der Waals surface area contributed by atoms with E-state index in [2.05, 4.69) is 10.3 Å². The van der Waals surface area contributed by atoms with Gasteiger partial charge in [0.25, 0.3) is 0 Å². The highest BCUT2D eigenvalue weighted by atomic mass is 35.5. The highest BCUT2D eigenvalue weighted by Gasteiger charge is 2.38. The Kier molecular flexibility index (Phi) is 9.03. The molecule has 10 heteroatoms. The molecule has 0 aromatic heterocycles. The molecule has 166 valence electrons. The van der Waals surface area contributed by atoms with Gasteiger partial charge >= 0.3 is 6.18 Å². The molecule has 30 heavy (non-hydrogen) atoms. The minimum atomic E-state index is -4.55. The first-order chi connectivity index (χ1) is 14.2. The molecule has 0 bridgehead atoms. The Morgan fingerprint density at radius 1 is 1.27 bits per heavy atom. The summed E-state index contributed by atoms with van der Waals surface area (Å²) in [6, 6.07) is 2.72. The normalized spacial score (nSPS) is 18.3. The summed E-state index contributed by atoms with van der Waals surface area (Å²) >= 11 is 7.16. The van der Waals surface area contributed by atoms with Gasteiger partial charge in [-0.1, -0.05) is 50.1 Å². The number of rotatable bonds is 9. The molecule has 5 nitrogen and oxygen atoms in total. The zero-order valence-electron chi connectivity index (χ0n) is 16.9. The van der Waals surface area contributed by atoms with Gasteiger partial charge in [0.1, 0.15) is 5.25 Å². The van der Waals surface area contributed by atoms with E-state index in [1.807, 2.05) is 13.8 Å². The third-order valence-electron chi connectivity index (χ3n) is 4.45. The summed E-state index contributed by atoms with van der Waals surface area (Å²) < 4.78 is 38.7. The summed E-state index contributed by atoms with van der Waals surface area (Å²) in [5, 5.41) is 2.34. The fourth-order valence-corrected chi connectivity index (χ4v) is 4.14. The van der Waals surface area contributed by atoms with Crippen LogP contribution in [0.15, 0.2) is 23.2 Å². The van der Waals surface area contributed by atoms with Gasteiger partial charge in [-0.25, -0.2) is 0 Å².